The number of hydrogen-bond donors (Lipinski definition) is 0. The second kappa shape index (κ2) is 22.2. The van der Waals surface area contributed by atoms with Crippen molar-refractivity contribution in [1.29, 1.82) is 5.26 Å². The average Bonchev–Trinajstić information content (AvgIpc) is 1.37. The number of aryl methyl sites for hydroxylation is 3. The van der Waals surface area contributed by atoms with E-state index in [1.54, 1.807) is 0 Å². The zero-order chi connectivity index (χ0) is 65.4. The molecule has 19 rings (SSSR count). The van der Waals surface area contributed by atoms with E-state index in [-0.39, 0.29) is 6.85 Å². The van der Waals surface area contributed by atoms with Crippen LogP contribution in [0.2, 0.25) is 0 Å². The first-order valence-electron chi connectivity index (χ1n) is 33.6. The fraction of sp³-hybridized carbons (Fsp3) is 0.0444. The van der Waals surface area contributed by atoms with Gasteiger partial charge in [0.25, 0.3) is 0 Å². The molecule has 14 aromatic carbocycles. The molecule has 0 aliphatic carbocycles. The maximum atomic E-state index is 10.6. The molecule has 458 valence electrons. The fourth-order valence-corrected chi connectivity index (χ4v) is 16.5. The summed E-state index contributed by atoms with van der Waals surface area (Å²) in [5.74, 6) is 1.57. The first-order valence-corrected chi connectivity index (χ1v) is 33.6. The van der Waals surface area contributed by atoms with Gasteiger partial charge in [0.15, 0.2) is 17.5 Å². The van der Waals surface area contributed by atoms with Crippen molar-refractivity contribution in [2.75, 3.05) is 4.90 Å². The summed E-state index contributed by atoms with van der Waals surface area (Å²) >= 11 is 0. The van der Waals surface area contributed by atoms with E-state index in [9.17, 15) is 5.26 Å². The second-order valence-electron chi connectivity index (χ2n) is 26.4. The third-order valence-electron chi connectivity index (χ3n) is 20.6. The van der Waals surface area contributed by atoms with Gasteiger partial charge in [0.05, 0.1) is 28.4 Å². The molecule has 0 N–H and O–H groups in total. The zero-order valence-corrected chi connectivity index (χ0v) is 54.4. The highest BCUT2D eigenvalue weighted by atomic mass is 15.2. The molecule has 0 radical (unpaired) electrons. The van der Waals surface area contributed by atoms with Crippen LogP contribution < -0.4 is 15.8 Å². The Hall–Kier alpha value is -12.7. The molecule has 0 saturated heterocycles. The van der Waals surface area contributed by atoms with Crippen molar-refractivity contribution in [3.05, 3.63) is 319 Å². The maximum absolute atomic E-state index is 10.6. The molecule has 0 unspecified atom stereocenters. The number of para-hydroxylation sites is 2. The van der Waals surface area contributed by atoms with E-state index >= 15 is 0 Å². The molecule has 0 bridgehead atoms. The number of rotatable bonds is 9. The molecular formula is C90H60BN7. The minimum Gasteiger partial charge on any atom is -0.375 e. The molecular weight excluding hydrogens is 1190 g/mol. The van der Waals surface area contributed by atoms with Crippen LogP contribution in [0.25, 0.3) is 150 Å². The van der Waals surface area contributed by atoms with Crippen molar-refractivity contribution in [3.63, 3.8) is 0 Å². The van der Waals surface area contributed by atoms with Gasteiger partial charge in [-0.2, -0.15) is 5.26 Å². The Kier molecular flexibility index (Phi) is 12.9. The van der Waals surface area contributed by atoms with Crippen molar-refractivity contribution in [2.24, 2.45) is 0 Å². The summed E-state index contributed by atoms with van der Waals surface area (Å²) in [6.45, 7) is 8.89. The van der Waals surface area contributed by atoms with Gasteiger partial charge in [-0.1, -0.05) is 224 Å². The van der Waals surface area contributed by atoms with Crippen LogP contribution in [-0.4, -0.2) is 30.8 Å². The Labute approximate surface area is 568 Å². The van der Waals surface area contributed by atoms with Crippen LogP contribution in [-0.2, 0) is 0 Å². The molecule has 0 spiro atoms. The predicted octanol–water partition coefficient (Wildman–Crippen LogP) is 21.4. The third kappa shape index (κ3) is 8.79. The molecule has 7 nitrogen and oxygen atoms in total. The number of fused-ring (bicyclic) bond motifs is 12. The normalized spacial score (nSPS) is 12.2. The zero-order valence-electron chi connectivity index (χ0n) is 54.4. The van der Waals surface area contributed by atoms with Crippen molar-refractivity contribution >= 4 is 89.2 Å². The van der Waals surface area contributed by atoms with E-state index in [2.05, 4.69) is 260 Å². The average molecular weight is 1250 g/mol. The van der Waals surface area contributed by atoms with Crippen LogP contribution in [0, 0.1) is 39.0 Å². The van der Waals surface area contributed by atoms with Crippen LogP contribution in [0.3, 0.4) is 0 Å². The van der Waals surface area contributed by atoms with Crippen molar-refractivity contribution in [2.45, 2.75) is 27.7 Å². The van der Waals surface area contributed by atoms with Crippen LogP contribution in [0.1, 0.15) is 27.8 Å². The number of nitriles is 1. The van der Waals surface area contributed by atoms with Crippen molar-refractivity contribution < 1.29 is 0 Å². The summed E-state index contributed by atoms with van der Waals surface area (Å²) in [7, 11) is 0. The molecule has 0 amide bonds. The predicted molar refractivity (Wildman–Crippen MR) is 407 cm³/mol. The van der Waals surface area contributed by atoms with Gasteiger partial charge >= 0.3 is 6.85 Å². The lowest BCUT2D eigenvalue weighted by molar-refractivity contribution is 1.06. The minimum atomic E-state index is -0.217. The fourth-order valence-electron chi connectivity index (χ4n) is 16.5. The highest BCUT2D eigenvalue weighted by Crippen LogP contribution is 2.51. The van der Waals surface area contributed by atoms with E-state index < -0.39 is 0 Å². The van der Waals surface area contributed by atoms with Crippen molar-refractivity contribution in [1.82, 2.24) is 24.0 Å². The van der Waals surface area contributed by atoms with Gasteiger partial charge in [-0.05, 0) is 189 Å². The summed E-state index contributed by atoms with van der Waals surface area (Å²) in [6, 6.07) is 108. The summed E-state index contributed by atoms with van der Waals surface area (Å²) in [6.07, 6.45) is 0. The van der Waals surface area contributed by atoms with E-state index in [1.807, 2.05) is 78.9 Å². The van der Waals surface area contributed by atoms with E-state index in [1.165, 1.54) is 88.0 Å². The lowest BCUT2D eigenvalue weighted by Crippen LogP contribution is -2.57. The van der Waals surface area contributed by atoms with Gasteiger partial charge in [0.2, 0.25) is 0 Å². The van der Waals surface area contributed by atoms with Crippen molar-refractivity contribution in [3.8, 4) is 102 Å². The lowest BCUT2D eigenvalue weighted by atomic mass is 9.44. The Bertz CT molecular complexity index is 6100. The van der Waals surface area contributed by atoms with E-state index in [0.29, 0.717) is 23.0 Å². The number of aromatic nitrogens is 5. The molecule has 17 aromatic rings. The summed E-state index contributed by atoms with van der Waals surface area (Å²) in [5, 5.41) is 17.8. The Morgan fingerprint density at radius 3 is 1.63 bits per heavy atom. The monoisotopic (exact) mass is 1250 g/mol. The molecule has 0 fully saturated rings. The maximum Gasteiger partial charge on any atom is 0.333 e. The summed E-state index contributed by atoms with van der Waals surface area (Å²) in [5.41, 5.74) is 31.0. The van der Waals surface area contributed by atoms with Crippen LogP contribution in [0.4, 0.5) is 17.1 Å². The summed E-state index contributed by atoms with van der Waals surface area (Å²) in [4.78, 5) is 18.1. The van der Waals surface area contributed by atoms with Gasteiger partial charge in [0.1, 0.15) is 0 Å². The number of nitrogens with zero attached hydrogens (tertiary/aromatic N) is 7. The van der Waals surface area contributed by atoms with Gasteiger partial charge in [-0.15, -0.1) is 0 Å². The Morgan fingerprint density at radius 2 is 0.949 bits per heavy atom. The number of benzene rings is 14. The Morgan fingerprint density at radius 1 is 0.367 bits per heavy atom. The second-order valence-corrected chi connectivity index (χ2v) is 26.4. The quantitative estimate of drug-likeness (QED) is 0.135. The van der Waals surface area contributed by atoms with Gasteiger partial charge in [-0.3, -0.25) is 0 Å². The molecule has 2 aliphatic heterocycles. The topological polar surface area (TPSA) is 75.6 Å². The van der Waals surface area contributed by atoms with E-state index in [4.69, 9.17) is 15.0 Å². The largest absolute Gasteiger partial charge is 0.375 e. The standard InChI is InChI=1S/C90H60BN7/c1-54-44-55(2)83(56(3)45-54)65-39-42-80-76(51-65)91-86-82(96(80)68-48-66(59-22-9-5-10-23-59)47-67(49-68)60-24-11-6-12-25-60)52-73(57(4)84(86)71-33-21-34-72-85-69-31-18-17-26-61(69)37-43-81(85)98(91)87(71)72)64-38-41-78-74(50-64)70-32-19-20-35-77(70)97(78)79-40-36-58(53-92)46-75(79)90-94-88(62-27-13-7-14-28-62)93-89(95-90)63-29-15-8-16-30-63/h5-52H,1-4H3. The summed E-state index contributed by atoms with van der Waals surface area (Å²) < 4.78 is 5.04. The number of hydrogen-bond acceptors (Lipinski definition) is 5. The van der Waals surface area contributed by atoms with Gasteiger partial charge in [0, 0.05) is 71.9 Å². The molecule has 3 aromatic heterocycles. The first-order chi connectivity index (χ1) is 48.2. The Balaban J connectivity index is 0.893. The molecule has 5 heterocycles. The highest BCUT2D eigenvalue weighted by Gasteiger charge is 2.44. The van der Waals surface area contributed by atoms with Crippen LogP contribution in [0.5, 0.6) is 0 Å². The van der Waals surface area contributed by atoms with Gasteiger partial charge < -0.3 is 13.9 Å². The lowest BCUT2D eigenvalue weighted by Gasteiger charge is -2.42. The molecule has 2 aliphatic rings. The van der Waals surface area contributed by atoms with Crippen LogP contribution in [0.15, 0.2) is 291 Å². The highest BCUT2D eigenvalue weighted by molar-refractivity contribution is 6.90. The smallest absolute Gasteiger partial charge is 0.333 e. The number of anilines is 3. The van der Waals surface area contributed by atoms with Crippen LogP contribution >= 0.6 is 0 Å². The van der Waals surface area contributed by atoms with E-state index in [0.717, 1.165) is 94.6 Å². The molecule has 0 saturated carbocycles. The first kappa shape index (κ1) is 56.8. The molecule has 98 heavy (non-hydrogen) atoms. The SMILES string of the molecule is Cc1cc(C)c(-c2ccc3c(c2)B2c4c(cc(-c5ccc6c(c5)c5ccccc5n6-c5ccc(C#N)cc5-c5nc(-c6ccccc6)nc(-c6ccccc6)n5)c(C)c4-c4cccc5c6c7ccccc7ccc6n2c45)N3c2cc(-c3ccccc3)cc(-c3ccccc3)c2)c(C)c1. The third-order valence-corrected chi connectivity index (χ3v) is 20.6. The van der Waals surface area contributed by atoms with Gasteiger partial charge in [-0.25, -0.2) is 15.0 Å². The minimum absolute atomic E-state index is 0.217. The molecule has 8 heteroatoms. The molecule has 0 atom stereocenters.